The third-order valence-electron chi connectivity index (χ3n) is 3.58. The summed E-state index contributed by atoms with van der Waals surface area (Å²) in [4.78, 5) is 11.6. The summed E-state index contributed by atoms with van der Waals surface area (Å²) in [6, 6.07) is 0. The monoisotopic (exact) mass is 226 g/mol. The molecule has 1 saturated carbocycles. The second-order valence-corrected chi connectivity index (χ2v) is 5.59. The van der Waals surface area contributed by atoms with E-state index in [1.54, 1.807) is 0 Å². The zero-order valence-electron chi connectivity index (χ0n) is 10.9. The fourth-order valence-corrected chi connectivity index (χ4v) is 2.26. The van der Waals surface area contributed by atoms with E-state index in [9.17, 15) is 4.79 Å². The highest BCUT2D eigenvalue weighted by atomic mass is 16.1. The van der Waals surface area contributed by atoms with Crippen molar-refractivity contribution in [2.75, 3.05) is 20.1 Å². The Kier molecular flexibility index (Phi) is 5.26. The van der Waals surface area contributed by atoms with Crippen LogP contribution in [-0.4, -0.2) is 26.0 Å². The molecular formula is C13H26N2O. The maximum atomic E-state index is 11.6. The molecule has 0 aromatic rings. The third-order valence-corrected chi connectivity index (χ3v) is 3.58. The smallest absolute Gasteiger partial charge is 0.220 e. The van der Waals surface area contributed by atoms with Gasteiger partial charge in [-0.3, -0.25) is 4.79 Å². The van der Waals surface area contributed by atoms with Crippen molar-refractivity contribution in [1.29, 1.82) is 0 Å². The summed E-state index contributed by atoms with van der Waals surface area (Å²) >= 11 is 0. The van der Waals surface area contributed by atoms with E-state index in [1.165, 1.54) is 19.3 Å². The SMILES string of the molecule is CNCC1(CNC(=O)CCC(C)C)CCC1. The molecule has 94 valence electrons. The molecule has 3 heteroatoms. The molecule has 2 N–H and O–H groups in total. The van der Waals surface area contributed by atoms with E-state index in [1.807, 2.05) is 7.05 Å². The first kappa shape index (κ1) is 13.5. The quantitative estimate of drug-likeness (QED) is 0.696. The van der Waals surface area contributed by atoms with Crippen molar-refractivity contribution in [3.05, 3.63) is 0 Å². The van der Waals surface area contributed by atoms with Gasteiger partial charge in [-0.2, -0.15) is 0 Å². The van der Waals surface area contributed by atoms with Crippen molar-refractivity contribution in [1.82, 2.24) is 10.6 Å². The summed E-state index contributed by atoms with van der Waals surface area (Å²) in [5.74, 6) is 0.830. The number of nitrogens with one attached hydrogen (secondary N) is 2. The lowest BCUT2D eigenvalue weighted by Gasteiger charge is -2.42. The molecule has 0 saturated heterocycles. The van der Waals surface area contributed by atoms with Crippen LogP contribution >= 0.6 is 0 Å². The van der Waals surface area contributed by atoms with Crippen LogP contribution in [0.4, 0.5) is 0 Å². The van der Waals surface area contributed by atoms with Gasteiger partial charge in [0.05, 0.1) is 0 Å². The summed E-state index contributed by atoms with van der Waals surface area (Å²) in [6.45, 7) is 6.19. The van der Waals surface area contributed by atoms with E-state index >= 15 is 0 Å². The number of hydrogen-bond acceptors (Lipinski definition) is 2. The molecule has 3 nitrogen and oxygen atoms in total. The number of rotatable bonds is 7. The highest BCUT2D eigenvalue weighted by Crippen LogP contribution is 2.39. The standard InChI is InChI=1S/C13H26N2O/c1-11(2)5-6-12(16)15-10-13(9-14-3)7-4-8-13/h11,14H,4-10H2,1-3H3,(H,15,16). The molecule has 0 atom stereocenters. The maximum absolute atomic E-state index is 11.6. The predicted molar refractivity (Wildman–Crippen MR) is 67.3 cm³/mol. The minimum Gasteiger partial charge on any atom is -0.355 e. The Bertz CT molecular complexity index is 222. The Balaban J connectivity index is 2.19. The van der Waals surface area contributed by atoms with Gasteiger partial charge in [0.1, 0.15) is 0 Å². The molecule has 0 heterocycles. The van der Waals surface area contributed by atoms with E-state index in [4.69, 9.17) is 0 Å². The van der Waals surface area contributed by atoms with Crippen molar-refractivity contribution in [3.8, 4) is 0 Å². The van der Waals surface area contributed by atoms with Gasteiger partial charge < -0.3 is 10.6 Å². The second-order valence-electron chi connectivity index (χ2n) is 5.59. The first-order valence-electron chi connectivity index (χ1n) is 6.49. The zero-order chi connectivity index (χ0) is 12.0. The van der Waals surface area contributed by atoms with Crippen molar-refractivity contribution in [3.63, 3.8) is 0 Å². The third kappa shape index (κ3) is 4.12. The Morgan fingerprint density at radius 3 is 2.44 bits per heavy atom. The van der Waals surface area contributed by atoms with Crippen LogP contribution in [-0.2, 0) is 4.79 Å². The van der Waals surface area contributed by atoms with E-state index in [2.05, 4.69) is 24.5 Å². The number of carbonyl (C=O) groups is 1. The van der Waals surface area contributed by atoms with E-state index < -0.39 is 0 Å². The Hall–Kier alpha value is -0.570. The first-order chi connectivity index (χ1) is 7.58. The van der Waals surface area contributed by atoms with Crippen LogP contribution in [0.3, 0.4) is 0 Å². The van der Waals surface area contributed by atoms with Crippen LogP contribution in [0.15, 0.2) is 0 Å². The lowest BCUT2D eigenvalue weighted by Crippen LogP contribution is -2.47. The molecule has 1 rings (SSSR count). The summed E-state index contributed by atoms with van der Waals surface area (Å²) in [5.41, 5.74) is 0.349. The molecule has 0 aromatic heterocycles. The first-order valence-corrected chi connectivity index (χ1v) is 6.49. The van der Waals surface area contributed by atoms with Crippen molar-refractivity contribution in [2.45, 2.75) is 46.0 Å². The van der Waals surface area contributed by atoms with Crippen molar-refractivity contribution < 1.29 is 4.79 Å². The normalized spacial score (nSPS) is 18.2. The van der Waals surface area contributed by atoms with Crippen LogP contribution < -0.4 is 10.6 Å². The fraction of sp³-hybridized carbons (Fsp3) is 0.923. The van der Waals surface area contributed by atoms with Crippen LogP contribution in [0.5, 0.6) is 0 Å². The molecule has 0 aliphatic heterocycles. The second kappa shape index (κ2) is 6.24. The lowest BCUT2D eigenvalue weighted by atomic mass is 9.68. The maximum Gasteiger partial charge on any atom is 0.220 e. The van der Waals surface area contributed by atoms with Crippen LogP contribution in [0, 0.1) is 11.3 Å². The molecule has 1 aliphatic rings. The minimum absolute atomic E-state index is 0.219. The topological polar surface area (TPSA) is 41.1 Å². The highest BCUT2D eigenvalue weighted by molar-refractivity contribution is 5.75. The predicted octanol–water partition coefficient (Wildman–Crippen LogP) is 1.93. The van der Waals surface area contributed by atoms with Gasteiger partial charge in [0.2, 0.25) is 5.91 Å². The molecule has 0 unspecified atom stereocenters. The Morgan fingerprint density at radius 2 is 2.00 bits per heavy atom. The van der Waals surface area contributed by atoms with E-state index in [0.29, 0.717) is 17.8 Å². The van der Waals surface area contributed by atoms with Gasteiger partial charge in [-0.15, -0.1) is 0 Å². The Labute approximate surface area is 99.4 Å². The van der Waals surface area contributed by atoms with Gasteiger partial charge >= 0.3 is 0 Å². The van der Waals surface area contributed by atoms with Crippen LogP contribution in [0.1, 0.15) is 46.0 Å². The molecule has 1 fully saturated rings. The van der Waals surface area contributed by atoms with Gasteiger partial charge in [0.15, 0.2) is 0 Å². The average molecular weight is 226 g/mol. The van der Waals surface area contributed by atoms with E-state index in [-0.39, 0.29) is 5.91 Å². The van der Waals surface area contributed by atoms with E-state index in [0.717, 1.165) is 19.5 Å². The van der Waals surface area contributed by atoms with Gasteiger partial charge in [0.25, 0.3) is 0 Å². The molecule has 0 bridgehead atoms. The fourth-order valence-electron chi connectivity index (χ4n) is 2.26. The number of hydrogen-bond donors (Lipinski definition) is 2. The van der Waals surface area contributed by atoms with Gasteiger partial charge in [-0.1, -0.05) is 20.3 Å². The molecule has 0 spiro atoms. The molecule has 16 heavy (non-hydrogen) atoms. The van der Waals surface area contributed by atoms with Gasteiger partial charge in [-0.25, -0.2) is 0 Å². The molecule has 0 aromatic carbocycles. The summed E-state index contributed by atoms with van der Waals surface area (Å²) in [5, 5.41) is 6.32. The summed E-state index contributed by atoms with van der Waals surface area (Å²) < 4.78 is 0. The van der Waals surface area contributed by atoms with Crippen LogP contribution in [0.2, 0.25) is 0 Å². The molecule has 1 amide bonds. The largest absolute Gasteiger partial charge is 0.355 e. The van der Waals surface area contributed by atoms with Gasteiger partial charge in [0, 0.05) is 24.9 Å². The van der Waals surface area contributed by atoms with Crippen LogP contribution in [0.25, 0.3) is 0 Å². The van der Waals surface area contributed by atoms with Crippen molar-refractivity contribution >= 4 is 5.91 Å². The minimum atomic E-state index is 0.219. The molecule has 0 radical (unpaired) electrons. The van der Waals surface area contributed by atoms with Crippen molar-refractivity contribution in [2.24, 2.45) is 11.3 Å². The molecular weight excluding hydrogens is 200 g/mol. The molecule has 1 aliphatic carbocycles. The average Bonchev–Trinajstić information content (AvgIpc) is 2.18. The lowest BCUT2D eigenvalue weighted by molar-refractivity contribution is -0.122. The number of carbonyl (C=O) groups excluding carboxylic acids is 1. The Morgan fingerprint density at radius 1 is 1.31 bits per heavy atom. The number of amides is 1. The highest BCUT2D eigenvalue weighted by Gasteiger charge is 2.36. The summed E-state index contributed by atoms with van der Waals surface area (Å²) in [6.07, 6.45) is 5.47. The van der Waals surface area contributed by atoms with Gasteiger partial charge in [-0.05, 0) is 32.2 Å². The zero-order valence-corrected chi connectivity index (χ0v) is 10.9. The summed E-state index contributed by atoms with van der Waals surface area (Å²) in [7, 11) is 1.99.